The van der Waals surface area contributed by atoms with E-state index >= 15 is 0 Å². The van der Waals surface area contributed by atoms with Crippen molar-refractivity contribution in [2.75, 3.05) is 6.61 Å². The minimum atomic E-state index is -4.50. The van der Waals surface area contributed by atoms with Crippen LogP contribution < -0.4 is 10.1 Å². The number of nitrogens with one attached hydrogen (secondary N) is 1. The third-order valence-corrected chi connectivity index (χ3v) is 3.14. The Balaban J connectivity index is 2.97. The summed E-state index contributed by atoms with van der Waals surface area (Å²) in [5.74, 6) is -0.271. The average Bonchev–Trinajstić information content (AvgIpc) is 2.41. The van der Waals surface area contributed by atoms with E-state index in [-0.39, 0.29) is 23.4 Å². The molecule has 0 saturated carbocycles. The van der Waals surface area contributed by atoms with Crippen LogP contribution in [0.2, 0.25) is 0 Å². The molecule has 0 spiro atoms. The van der Waals surface area contributed by atoms with E-state index in [9.17, 15) is 13.2 Å². The molecule has 0 bridgehead atoms. The number of alkyl halides is 3. The second-order valence-corrected chi connectivity index (χ2v) is 5.41. The Morgan fingerprint density at radius 3 is 2.57 bits per heavy atom. The van der Waals surface area contributed by atoms with Crippen LogP contribution in [0.4, 0.5) is 13.2 Å². The molecule has 118 valence electrons. The summed E-state index contributed by atoms with van der Waals surface area (Å²) in [6.07, 6.45) is -4.50. The first-order valence-electron chi connectivity index (χ1n) is 6.25. The Bertz CT molecular complexity index is 501. The molecule has 7 heteroatoms. The molecule has 0 aromatic heterocycles. The lowest BCUT2D eigenvalue weighted by molar-refractivity contribution is -0.138. The fourth-order valence-electron chi connectivity index (χ4n) is 1.53. The molecule has 1 rings (SSSR count). The summed E-state index contributed by atoms with van der Waals surface area (Å²) in [6.45, 7) is 3.98. The molecule has 0 saturated heterocycles. The maximum atomic E-state index is 13.1. The summed E-state index contributed by atoms with van der Waals surface area (Å²) in [4.78, 5) is 0. The lowest BCUT2D eigenvalue weighted by Gasteiger charge is -2.16. The Kier molecular flexibility index (Phi) is 6.84. The first-order chi connectivity index (χ1) is 9.74. The van der Waals surface area contributed by atoms with E-state index in [0.717, 1.165) is 11.6 Å². The van der Waals surface area contributed by atoms with Crippen LogP contribution in [0.5, 0.6) is 5.75 Å². The Morgan fingerprint density at radius 1 is 1.38 bits per heavy atom. The van der Waals surface area contributed by atoms with E-state index in [0.29, 0.717) is 12.1 Å². The van der Waals surface area contributed by atoms with Crippen LogP contribution in [-0.4, -0.2) is 12.6 Å². The van der Waals surface area contributed by atoms with Crippen LogP contribution in [0.25, 0.3) is 0 Å². The lowest BCUT2D eigenvalue weighted by atomic mass is 10.1. The quantitative estimate of drug-likeness (QED) is 0.794. The van der Waals surface area contributed by atoms with Crippen molar-refractivity contribution in [3.8, 4) is 5.75 Å². The molecule has 1 aromatic carbocycles. The van der Waals surface area contributed by atoms with Crippen LogP contribution in [0.1, 0.15) is 25.0 Å². The topological polar surface area (TPSA) is 21.3 Å². The van der Waals surface area contributed by atoms with E-state index < -0.39 is 11.7 Å². The molecular formula is C14H16Cl2F3NO. The van der Waals surface area contributed by atoms with Gasteiger partial charge < -0.3 is 10.1 Å². The normalized spacial score (nSPS) is 12.9. The summed E-state index contributed by atoms with van der Waals surface area (Å²) in [6, 6.07) is 4.13. The number of ether oxygens (including phenoxy) is 1. The maximum Gasteiger partial charge on any atom is 0.419 e. The van der Waals surface area contributed by atoms with E-state index in [1.165, 1.54) is 6.07 Å². The monoisotopic (exact) mass is 341 g/mol. The van der Waals surface area contributed by atoms with Crippen LogP contribution in [0, 0.1) is 0 Å². The Labute approximate surface area is 131 Å². The van der Waals surface area contributed by atoms with E-state index in [1.807, 2.05) is 13.8 Å². The average molecular weight is 342 g/mol. The van der Waals surface area contributed by atoms with Gasteiger partial charge in [0, 0.05) is 18.1 Å². The van der Waals surface area contributed by atoms with Crippen molar-refractivity contribution in [3.05, 3.63) is 39.9 Å². The van der Waals surface area contributed by atoms with Gasteiger partial charge in [-0.2, -0.15) is 13.2 Å². The number of halogens is 5. The van der Waals surface area contributed by atoms with E-state index in [1.54, 1.807) is 6.07 Å². The predicted molar refractivity (Wildman–Crippen MR) is 78.7 cm³/mol. The molecule has 1 N–H and O–H groups in total. The van der Waals surface area contributed by atoms with Crippen molar-refractivity contribution in [3.63, 3.8) is 0 Å². The fourth-order valence-corrected chi connectivity index (χ4v) is 1.65. The molecule has 0 aliphatic rings. The maximum absolute atomic E-state index is 13.1. The van der Waals surface area contributed by atoms with Gasteiger partial charge in [-0.3, -0.25) is 0 Å². The smallest absolute Gasteiger partial charge is 0.419 e. The minimum Gasteiger partial charge on any atom is -0.487 e. The van der Waals surface area contributed by atoms with Gasteiger partial charge in [-0.05, 0) is 17.7 Å². The van der Waals surface area contributed by atoms with Crippen molar-refractivity contribution in [1.29, 1.82) is 0 Å². The van der Waals surface area contributed by atoms with Crippen molar-refractivity contribution in [2.24, 2.45) is 0 Å². The standard InChI is InChI=1S/C14H16Cl2F3NO/c1-9(2)20-7-10-3-4-13(21-8-11(16)6-15)12(5-10)14(17,18)19/h3-6,9,20H,7-8H2,1-2H3. The zero-order chi connectivity index (χ0) is 16.0. The molecule has 1 aromatic rings. The highest BCUT2D eigenvalue weighted by Gasteiger charge is 2.34. The lowest BCUT2D eigenvalue weighted by Crippen LogP contribution is -2.22. The number of benzene rings is 1. The van der Waals surface area contributed by atoms with Crippen LogP contribution in [0.15, 0.2) is 28.8 Å². The van der Waals surface area contributed by atoms with E-state index in [2.05, 4.69) is 5.32 Å². The third-order valence-electron chi connectivity index (χ3n) is 2.55. The molecule has 0 radical (unpaired) electrons. The highest BCUT2D eigenvalue weighted by atomic mass is 35.5. The Hall–Kier alpha value is -0.910. The van der Waals surface area contributed by atoms with Crippen molar-refractivity contribution in [2.45, 2.75) is 32.6 Å². The highest BCUT2D eigenvalue weighted by molar-refractivity contribution is 6.36. The van der Waals surface area contributed by atoms with Crippen molar-refractivity contribution < 1.29 is 17.9 Å². The van der Waals surface area contributed by atoms with E-state index in [4.69, 9.17) is 27.9 Å². The second-order valence-electron chi connectivity index (χ2n) is 4.71. The molecule has 0 aliphatic carbocycles. The SMILES string of the molecule is CC(C)NCc1ccc(OCC(Cl)=CCl)c(C(F)(F)F)c1. The zero-order valence-electron chi connectivity index (χ0n) is 11.6. The summed E-state index contributed by atoms with van der Waals surface area (Å²) < 4.78 is 44.3. The summed E-state index contributed by atoms with van der Waals surface area (Å²) in [5, 5.41) is 3.18. The summed E-state index contributed by atoms with van der Waals surface area (Å²) in [7, 11) is 0. The molecule has 2 nitrogen and oxygen atoms in total. The van der Waals surface area contributed by atoms with Gasteiger partial charge in [0.15, 0.2) is 0 Å². The molecule has 0 amide bonds. The third kappa shape index (κ3) is 6.16. The molecule has 0 fully saturated rings. The van der Waals surface area contributed by atoms with Gasteiger partial charge in [-0.1, -0.05) is 43.1 Å². The van der Waals surface area contributed by atoms with Gasteiger partial charge in [0.05, 0.1) is 10.6 Å². The number of hydrogen-bond acceptors (Lipinski definition) is 2. The first kappa shape index (κ1) is 18.1. The molecular weight excluding hydrogens is 326 g/mol. The fraction of sp³-hybridized carbons (Fsp3) is 0.429. The van der Waals surface area contributed by atoms with Gasteiger partial charge in [0.25, 0.3) is 0 Å². The molecule has 21 heavy (non-hydrogen) atoms. The number of rotatable bonds is 6. The van der Waals surface area contributed by atoms with Crippen LogP contribution in [-0.2, 0) is 12.7 Å². The molecule has 0 aliphatic heterocycles. The first-order valence-corrected chi connectivity index (χ1v) is 7.06. The molecule has 0 atom stereocenters. The van der Waals surface area contributed by atoms with Gasteiger partial charge >= 0.3 is 6.18 Å². The van der Waals surface area contributed by atoms with Gasteiger partial charge in [0.2, 0.25) is 0 Å². The minimum absolute atomic E-state index is 0.121. The Morgan fingerprint density at radius 2 is 2.05 bits per heavy atom. The van der Waals surface area contributed by atoms with Crippen molar-refractivity contribution in [1.82, 2.24) is 5.32 Å². The second kappa shape index (κ2) is 7.92. The number of hydrogen-bond donors (Lipinski definition) is 1. The van der Waals surface area contributed by atoms with Crippen molar-refractivity contribution >= 4 is 23.2 Å². The summed E-state index contributed by atoms with van der Waals surface area (Å²) >= 11 is 11.0. The zero-order valence-corrected chi connectivity index (χ0v) is 13.1. The predicted octanol–water partition coefficient (Wildman–Crippen LogP) is 4.90. The largest absolute Gasteiger partial charge is 0.487 e. The molecule has 0 unspecified atom stereocenters. The van der Waals surface area contributed by atoms with Crippen LogP contribution >= 0.6 is 23.2 Å². The van der Waals surface area contributed by atoms with Gasteiger partial charge in [-0.25, -0.2) is 0 Å². The molecule has 0 heterocycles. The highest BCUT2D eigenvalue weighted by Crippen LogP contribution is 2.37. The summed E-state index contributed by atoms with van der Waals surface area (Å²) in [5.41, 5.74) is 0.752. The van der Waals surface area contributed by atoms with Gasteiger partial charge in [0.1, 0.15) is 12.4 Å². The van der Waals surface area contributed by atoms with Crippen LogP contribution in [0.3, 0.4) is 0 Å². The van der Waals surface area contributed by atoms with Gasteiger partial charge in [-0.15, -0.1) is 0 Å².